The van der Waals surface area contributed by atoms with Crippen LogP contribution in [0.1, 0.15) is 39.0 Å². The van der Waals surface area contributed by atoms with Crippen molar-refractivity contribution in [2.24, 2.45) is 5.73 Å². The third-order valence-electron chi connectivity index (χ3n) is 3.07. The molecule has 2 unspecified atom stereocenters. The number of furan rings is 1. The van der Waals surface area contributed by atoms with E-state index in [1.54, 1.807) is 0 Å². The maximum absolute atomic E-state index is 5.87. The Balaban J connectivity index is 2.87. The zero-order valence-electron chi connectivity index (χ0n) is 10.2. The first-order chi connectivity index (χ1) is 7.63. The fraction of sp³-hybridized carbons (Fsp3) is 0.667. The highest BCUT2D eigenvalue weighted by molar-refractivity contribution is 9.10. The molecule has 0 spiro atoms. The van der Waals surface area contributed by atoms with E-state index in [0.717, 1.165) is 23.4 Å². The molecule has 1 heterocycles. The molecule has 0 saturated heterocycles. The van der Waals surface area contributed by atoms with Crippen LogP contribution in [0.4, 0.5) is 0 Å². The monoisotopic (exact) mass is 288 g/mol. The highest BCUT2D eigenvalue weighted by Gasteiger charge is 2.24. The molecular weight excluding hydrogens is 268 g/mol. The van der Waals surface area contributed by atoms with E-state index in [-0.39, 0.29) is 6.04 Å². The quantitative estimate of drug-likeness (QED) is 0.874. The van der Waals surface area contributed by atoms with E-state index in [9.17, 15) is 0 Å². The van der Waals surface area contributed by atoms with Gasteiger partial charge in [0.1, 0.15) is 5.76 Å². The lowest BCUT2D eigenvalue weighted by molar-refractivity contribution is 0.134. The van der Waals surface area contributed by atoms with Gasteiger partial charge in [0.05, 0.1) is 6.04 Å². The lowest BCUT2D eigenvalue weighted by atomic mass is 10.1. The Kier molecular flexibility index (Phi) is 5.52. The largest absolute Gasteiger partial charge is 0.453 e. The van der Waals surface area contributed by atoms with Crippen molar-refractivity contribution in [1.29, 1.82) is 0 Å². The average Bonchev–Trinajstić information content (AvgIpc) is 2.71. The summed E-state index contributed by atoms with van der Waals surface area (Å²) in [5, 5.41) is 0. The molecule has 2 N–H and O–H groups in total. The SMILES string of the molecule is CCC(C)N(CC)C(CN)c1ccc(Br)o1. The fourth-order valence-electron chi connectivity index (χ4n) is 2.00. The lowest BCUT2D eigenvalue weighted by Crippen LogP contribution is -2.39. The summed E-state index contributed by atoms with van der Waals surface area (Å²) in [5.74, 6) is 0.941. The minimum Gasteiger partial charge on any atom is -0.453 e. The van der Waals surface area contributed by atoms with Crippen LogP contribution in [0.25, 0.3) is 0 Å². The zero-order chi connectivity index (χ0) is 12.1. The predicted molar refractivity (Wildman–Crippen MR) is 70.3 cm³/mol. The Morgan fingerprint density at radius 1 is 1.44 bits per heavy atom. The summed E-state index contributed by atoms with van der Waals surface area (Å²) >= 11 is 3.33. The summed E-state index contributed by atoms with van der Waals surface area (Å²) in [5.41, 5.74) is 5.87. The van der Waals surface area contributed by atoms with Crippen LogP contribution in [-0.2, 0) is 0 Å². The topological polar surface area (TPSA) is 42.4 Å². The number of hydrogen-bond donors (Lipinski definition) is 1. The third-order valence-corrected chi connectivity index (χ3v) is 3.49. The molecule has 4 heteroatoms. The van der Waals surface area contributed by atoms with Gasteiger partial charge in [-0.1, -0.05) is 13.8 Å². The molecule has 2 atom stereocenters. The Labute approximate surface area is 106 Å². The molecule has 1 rings (SSSR count). The number of halogens is 1. The van der Waals surface area contributed by atoms with E-state index in [1.807, 2.05) is 12.1 Å². The summed E-state index contributed by atoms with van der Waals surface area (Å²) in [6.45, 7) is 8.14. The van der Waals surface area contributed by atoms with Crippen LogP contribution in [0.5, 0.6) is 0 Å². The van der Waals surface area contributed by atoms with Gasteiger partial charge in [-0.15, -0.1) is 0 Å². The second kappa shape index (κ2) is 6.42. The van der Waals surface area contributed by atoms with Crippen LogP contribution >= 0.6 is 15.9 Å². The Bertz CT molecular complexity index is 314. The van der Waals surface area contributed by atoms with Gasteiger partial charge in [0, 0.05) is 12.6 Å². The Morgan fingerprint density at radius 3 is 2.50 bits per heavy atom. The van der Waals surface area contributed by atoms with E-state index in [0.29, 0.717) is 12.6 Å². The smallest absolute Gasteiger partial charge is 0.169 e. The molecular formula is C12H21BrN2O. The fourth-order valence-corrected chi connectivity index (χ4v) is 2.32. The molecule has 92 valence electrons. The lowest BCUT2D eigenvalue weighted by Gasteiger charge is -2.33. The van der Waals surface area contributed by atoms with Gasteiger partial charge in [-0.25, -0.2) is 0 Å². The molecule has 0 aliphatic rings. The highest BCUT2D eigenvalue weighted by Crippen LogP contribution is 2.26. The van der Waals surface area contributed by atoms with E-state index < -0.39 is 0 Å². The van der Waals surface area contributed by atoms with Gasteiger partial charge in [0.25, 0.3) is 0 Å². The summed E-state index contributed by atoms with van der Waals surface area (Å²) in [6.07, 6.45) is 1.12. The van der Waals surface area contributed by atoms with E-state index >= 15 is 0 Å². The molecule has 0 aliphatic carbocycles. The summed E-state index contributed by atoms with van der Waals surface area (Å²) in [7, 11) is 0. The normalized spacial score (nSPS) is 15.4. The molecule has 0 amide bonds. The van der Waals surface area contributed by atoms with Crippen molar-refractivity contribution in [1.82, 2.24) is 4.90 Å². The highest BCUT2D eigenvalue weighted by atomic mass is 79.9. The predicted octanol–water partition coefficient (Wildman–Crippen LogP) is 3.16. The van der Waals surface area contributed by atoms with E-state index in [4.69, 9.17) is 10.2 Å². The molecule has 0 fully saturated rings. The van der Waals surface area contributed by atoms with Crippen molar-refractivity contribution >= 4 is 15.9 Å². The maximum atomic E-state index is 5.87. The molecule has 0 saturated carbocycles. The maximum Gasteiger partial charge on any atom is 0.169 e. The Morgan fingerprint density at radius 2 is 2.12 bits per heavy atom. The van der Waals surface area contributed by atoms with Crippen LogP contribution < -0.4 is 5.73 Å². The van der Waals surface area contributed by atoms with Crippen molar-refractivity contribution in [3.8, 4) is 0 Å². The van der Waals surface area contributed by atoms with Gasteiger partial charge in [0.2, 0.25) is 0 Å². The van der Waals surface area contributed by atoms with Crippen LogP contribution in [-0.4, -0.2) is 24.0 Å². The minimum absolute atomic E-state index is 0.172. The molecule has 1 aromatic rings. The number of rotatable bonds is 6. The van der Waals surface area contributed by atoms with Crippen molar-refractivity contribution in [3.05, 3.63) is 22.6 Å². The van der Waals surface area contributed by atoms with Crippen molar-refractivity contribution in [3.63, 3.8) is 0 Å². The first-order valence-corrected chi connectivity index (χ1v) is 6.64. The molecule has 3 nitrogen and oxygen atoms in total. The molecule has 1 aromatic heterocycles. The van der Waals surface area contributed by atoms with Crippen LogP contribution in [0.3, 0.4) is 0 Å². The number of likely N-dealkylation sites (N-methyl/N-ethyl adjacent to an activating group) is 1. The third kappa shape index (κ3) is 3.09. The van der Waals surface area contributed by atoms with E-state index in [2.05, 4.69) is 41.6 Å². The summed E-state index contributed by atoms with van der Waals surface area (Å²) in [6, 6.07) is 4.60. The summed E-state index contributed by atoms with van der Waals surface area (Å²) < 4.78 is 6.37. The summed E-state index contributed by atoms with van der Waals surface area (Å²) in [4.78, 5) is 2.38. The van der Waals surface area contributed by atoms with Crippen molar-refractivity contribution < 1.29 is 4.42 Å². The number of nitrogens with two attached hydrogens (primary N) is 1. The zero-order valence-corrected chi connectivity index (χ0v) is 11.8. The number of nitrogens with zero attached hydrogens (tertiary/aromatic N) is 1. The van der Waals surface area contributed by atoms with Crippen LogP contribution in [0, 0.1) is 0 Å². The van der Waals surface area contributed by atoms with Crippen LogP contribution in [0.2, 0.25) is 0 Å². The van der Waals surface area contributed by atoms with Gasteiger partial charge in [0.15, 0.2) is 4.67 Å². The first kappa shape index (κ1) is 13.7. The first-order valence-electron chi connectivity index (χ1n) is 5.85. The van der Waals surface area contributed by atoms with Crippen molar-refractivity contribution in [2.75, 3.05) is 13.1 Å². The van der Waals surface area contributed by atoms with Crippen molar-refractivity contribution in [2.45, 2.75) is 39.3 Å². The standard InChI is InChI=1S/C12H21BrN2O/c1-4-9(3)15(5-2)10(8-14)11-6-7-12(13)16-11/h6-7,9-10H,4-5,8,14H2,1-3H3. The Hall–Kier alpha value is -0.320. The van der Waals surface area contributed by atoms with Gasteiger partial charge in [-0.2, -0.15) is 0 Å². The van der Waals surface area contributed by atoms with Crippen LogP contribution in [0.15, 0.2) is 21.2 Å². The molecule has 16 heavy (non-hydrogen) atoms. The number of hydrogen-bond acceptors (Lipinski definition) is 3. The van der Waals surface area contributed by atoms with Gasteiger partial charge in [-0.05, 0) is 48.0 Å². The van der Waals surface area contributed by atoms with Gasteiger partial charge >= 0.3 is 0 Å². The molecule has 0 radical (unpaired) electrons. The second-order valence-corrected chi connectivity index (χ2v) is 4.76. The molecule has 0 aromatic carbocycles. The molecule has 0 bridgehead atoms. The van der Waals surface area contributed by atoms with Gasteiger partial charge < -0.3 is 10.2 Å². The van der Waals surface area contributed by atoms with Gasteiger partial charge in [-0.3, -0.25) is 4.90 Å². The minimum atomic E-state index is 0.172. The second-order valence-electron chi connectivity index (χ2n) is 3.98. The molecule has 0 aliphatic heterocycles. The average molecular weight is 289 g/mol. The van der Waals surface area contributed by atoms with E-state index in [1.165, 1.54) is 0 Å².